The van der Waals surface area contributed by atoms with Gasteiger partial charge in [-0.1, -0.05) is 36.4 Å². The number of carbonyl (C=O) groups excluding carboxylic acids is 1. The zero-order chi connectivity index (χ0) is 23.5. The number of aryl methyl sites for hydroxylation is 2. The van der Waals surface area contributed by atoms with Crippen molar-refractivity contribution in [1.82, 2.24) is 19.5 Å². The van der Waals surface area contributed by atoms with Gasteiger partial charge in [0.25, 0.3) is 5.91 Å². The first kappa shape index (κ1) is 22.3. The Bertz CT molecular complexity index is 1300. The van der Waals surface area contributed by atoms with Gasteiger partial charge in [-0.2, -0.15) is 5.10 Å². The van der Waals surface area contributed by atoms with E-state index < -0.39 is 0 Å². The third kappa shape index (κ3) is 4.26. The summed E-state index contributed by atoms with van der Waals surface area (Å²) in [5, 5.41) is 4.68. The van der Waals surface area contributed by atoms with Crippen LogP contribution in [-0.2, 0) is 6.42 Å². The zero-order valence-electron chi connectivity index (χ0n) is 19.6. The van der Waals surface area contributed by atoms with Crippen LogP contribution in [0.5, 0.6) is 11.5 Å². The average Bonchev–Trinajstić information content (AvgIpc) is 3.19. The molecule has 0 bridgehead atoms. The van der Waals surface area contributed by atoms with Crippen molar-refractivity contribution in [2.24, 2.45) is 0 Å². The van der Waals surface area contributed by atoms with Crippen molar-refractivity contribution in [3.63, 3.8) is 0 Å². The Hall–Kier alpha value is -3.87. The highest BCUT2D eigenvalue weighted by Crippen LogP contribution is 2.29. The topological polar surface area (TPSA) is 69.0 Å². The number of aromatic nitrogens is 3. The lowest BCUT2D eigenvalue weighted by Crippen LogP contribution is -2.30. The van der Waals surface area contributed by atoms with E-state index >= 15 is 0 Å². The maximum atomic E-state index is 13.2. The van der Waals surface area contributed by atoms with E-state index in [1.54, 1.807) is 36.9 Å². The number of benzene rings is 2. The quantitative estimate of drug-likeness (QED) is 0.424. The van der Waals surface area contributed by atoms with E-state index in [0.29, 0.717) is 30.0 Å². The van der Waals surface area contributed by atoms with Crippen LogP contribution in [0.25, 0.3) is 16.8 Å². The Morgan fingerprint density at radius 2 is 1.76 bits per heavy atom. The van der Waals surface area contributed by atoms with Crippen LogP contribution in [0.2, 0.25) is 0 Å². The Kier molecular flexibility index (Phi) is 6.31. The molecule has 0 saturated heterocycles. The fourth-order valence-corrected chi connectivity index (χ4v) is 3.99. The standard InChI is InChI=1S/C26H28N4O3/c1-17-24(20-9-7-6-8-10-20)25-27-16-21(18(2)30(25)28-17)26(31)29(3)14-13-19-11-12-22(32-4)23(15-19)33-5/h6-12,15-16H,13-14H2,1-5H3. The summed E-state index contributed by atoms with van der Waals surface area (Å²) in [6.07, 6.45) is 2.35. The van der Waals surface area contributed by atoms with Crippen LogP contribution in [0.15, 0.2) is 54.7 Å². The van der Waals surface area contributed by atoms with Crippen LogP contribution in [0.4, 0.5) is 0 Å². The van der Waals surface area contributed by atoms with Crippen LogP contribution < -0.4 is 9.47 Å². The second kappa shape index (κ2) is 9.32. The molecule has 0 unspecified atom stereocenters. The van der Waals surface area contributed by atoms with Crippen molar-refractivity contribution < 1.29 is 14.3 Å². The largest absolute Gasteiger partial charge is 0.493 e. The third-order valence-electron chi connectivity index (χ3n) is 5.88. The second-order valence-electron chi connectivity index (χ2n) is 7.99. The molecule has 0 N–H and O–H groups in total. The van der Waals surface area contributed by atoms with Gasteiger partial charge in [0.2, 0.25) is 0 Å². The molecule has 4 rings (SSSR count). The molecule has 0 spiro atoms. The highest BCUT2D eigenvalue weighted by molar-refractivity contribution is 5.95. The molecular formula is C26H28N4O3. The molecule has 0 aliphatic rings. The van der Waals surface area contributed by atoms with Gasteiger partial charge in [0.15, 0.2) is 17.1 Å². The number of carbonyl (C=O) groups is 1. The number of methoxy groups -OCH3 is 2. The van der Waals surface area contributed by atoms with Gasteiger partial charge in [0, 0.05) is 25.4 Å². The maximum Gasteiger partial charge on any atom is 0.257 e. The number of fused-ring (bicyclic) bond motifs is 1. The average molecular weight is 445 g/mol. The molecule has 0 saturated carbocycles. The van der Waals surface area contributed by atoms with Crippen LogP contribution in [-0.4, -0.2) is 53.2 Å². The molecule has 0 aliphatic carbocycles. The molecule has 7 heteroatoms. The van der Waals surface area contributed by atoms with Crippen LogP contribution in [0.1, 0.15) is 27.3 Å². The molecule has 2 heterocycles. The van der Waals surface area contributed by atoms with Gasteiger partial charge in [-0.25, -0.2) is 9.50 Å². The first-order valence-corrected chi connectivity index (χ1v) is 10.8. The first-order chi connectivity index (χ1) is 15.9. The van der Waals surface area contributed by atoms with Gasteiger partial charge >= 0.3 is 0 Å². The molecule has 170 valence electrons. The lowest BCUT2D eigenvalue weighted by molar-refractivity contribution is 0.0794. The minimum absolute atomic E-state index is 0.0863. The smallest absolute Gasteiger partial charge is 0.257 e. The van der Waals surface area contributed by atoms with Crippen molar-refractivity contribution in [2.45, 2.75) is 20.3 Å². The van der Waals surface area contributed by atoms with E-state index in [9.17, 15) is 4.79 Å². The summed E-state index contributed by atoms with van der Waals surface area (Å²) in [6.45, 7) is 4.43. The molecule has 1 amide bonds. The van der Waals surface area contributed by atoms with Gasteiger partial charge in [-0.15, -0.1) is 0 Å². The van der Waals surface area contributed by atoms with Crippen molar-refractivity contribution in [2.75, 3.05) is 27.8 Å². The number of hydrogen-bond donors (Lipinski definition) is 0. The van der Waals surface area contributed by atoms with Gasteiger partial charge in [-0.3, -0.25) is 4.79 Å². The summed E-state index contributed by atoms with van der Waals surface area (Å²) < 4.78 is 12.4. The molecule has 33 heavy (non-hydrogen) atoms. The number of amides is 1. The predicted octanol–water partition coefficient (Wildman–Crippen LogP) is 4.35. The SMILES string of the molecule is COc1ccc(CCN(C)C(=O)c2cnc3c(-c4ccccc4)c(C)nn3c2C)cc1OC. The van der Waals surface area contributed by atoms with E-state index in [-0.39, 0.29) is 5.91 Å². The highest BCUT2D eigenvalue weighted by Gasteiger charge is 2.20. The van der Waals surface area contributed by atoms with Crippen molar-refractivity contribution in [3.05, 3.63) is 77.2 Å². The minimum Gasteiger partial charge on any atom is -0.493 e. The van der Waals surface area contributed by atoms with Crippen LogP contribution in [0.3, 0.4) is 0 Å². The maximum absolute atomic E-state index is 13.2. The summed E-state index contributed by atoms with van der Waals surface area (Å²) >= 11 is 0. The van der Waals surface area contributed by atoms with E-state index in [2.05, 4.69) is 10.1 Å². The van der Waals surface area contributed by atoms with Gasteiger partial charge in [-0.05, 0) is 43.5 Å². The van der Waals surface area contributed by atoms with Crippen LogP contribution in [0, 0.1) is 13.8 Å². The van der Waals surface area contributed by atoms with Crippen molar-refractivity contribution >= 4 is 11.6 Å². The van der Waals surface area contributed by atoms with Crippen molar-refractivity contribution in [1.29, 1.82) is 0 Å². The molecule has 7 nitrogen and oxygen atoms in total. The summed E-state index contributed by atoms with van der Waals surface area (Å²) in [5.74, 6) is 1.28. The number of rotatable bonds is 7. The second-order valence-corrected chi connectivity index (χ2v) is 7.99. The zero-order valence-corrected chi connectivity index (χ0v) is 19.6. The fraction of sp³-hybridized carbons (Fsp3) is 0.269. The normalized spacial score (nSPS) is 10.9. The Balaban J connectivity index is 1.56. The van der Waals surface area contributed by atoms with E-state index in [1.807, 2.05) is 62.4 Å². The fourth-order valence-electron chi connectivity index (χ4n) is 3.99. The Morgan fingerprint density at radius 3 is 2.45 bits per heavy atom. The predicted molar refractivity (Wildman–Crippen MR) is 128 cm³/mol. The minimum atomic E-state index is -0.0863. The van der Waals surface area contributed by atoms with Gasteiger partial charge < -0.3 is 14.4 Å². The van der Waals surface area contributed by atoms with Crippen LogP contribution >= 0.6 is 0 Å². The Labute approximate surface area is 193 Å². The van der Waals surface area contributed by atoms with Crippen molar-refractivity contribution in [3.8, 4) is 22.6 Å². The Morgan fingerprint density at radius 1 is 1.03 bits per heavy atom. The lowest BCUT2D eigenvalue weighted by atomic mass is 10.1. The van der Waals surface area contributed by atoms with E-state index in [1.165, 1.54) is 0 Å². The third-order valence-corrected chi connectivity index (χ3v) is 5.88. The number of hydrogen-bond acceptors (Lipinski definition) is 5. The summed E-state index contributed by atoms with van der Waals surface area (Å²) in [7, 11) is 5.03. The van der Waals surface area contributed by atoms with E-state index in [0.717, 1.165) is 33.7 Å². The molecule has 2 aromatic carbocycles. The van der Waals surface area contributed by atoms with Gasteiger partial charge in [0.05, 0.1) is 31.2 Å². The number of likely N-dealkylation sites (N-methyl/N-ethyl adjacent to an activating group) is 1. The summed E-state index contributed by atoms with van der Waals surface area (Å²) in [6, 6.07) is 15.9. The summed E-state index contributed by atoms with van der Waals surface area (Å²) in [5.41, 5.74) is 6.05. The number of nitrogens with zero attached hydrogens (tertiary/aromatic N) is 4. The molecule has 2 aromatic heterocycles. The molecule has 0 fully saturated rings. The summed E-state index contributed by atoms with van der Waals surface area (Å²) in [4.78, 5) is 19.6. The van der Waals surface area contributed by atoms with Gasteiger partial charge in [0.1, 0.15) is 0 Å². The molecular weight excluding hydrogens is 416 g/mol. The van der Waals surface area contributed by atoms with E-state index in [4.69, 9.17) is 9.47 Å². The lowest BCUT2D eigenvalue weighted by Gasteiger charge is -2.19. The first-order valence-electron chi connectivity index (χ1n) is 10.8. The highest BCUT2D eigenvalue weighted by atomic mass is 16.5. The molecule has 0 atom stereocenters. The molecule has 0 aliphatic heterocycles. The monoisotopic (exact) mass is 444 g/mol. The number of ether oxygens (including phenoxy) is 2. The molecule has 4 aromatic rings. The molecule has 0 radical (unpaired) electrons.